The number of ether oxygens (including phenoxy) is 2. The first-order valence-electron chi connectivity index (χ1n) is 10.2. The van der Waals surface area contributed by atoms with E-state index in [2.05, 4.69) is 19.9 Å². The van der Waals surface area contributed by atoms with Crippen LogP contribution in [0.5, 0.6) is 11.8 Å². The maximum Gasteiger partial charge on any atom is 0.419 e. The highest BCUT2D eigenvalue weighted by atomic mass is 19.4. The SMILES string of the molecule is CCOc1ccc(C)nc1CN1CC2CC2CC1COc1ncc(C(F)(F)F)cn1. The quantitative estimate of drug-likeness (QED) is 0.675. The van der Waals surface area contributed by atoms with E-state index in [9.17, 15) is 13.2 Å². The lowest BCUT2D eigenvalue weighted by Gasteiger charge is -2.35. The third-order valence-corrected chi connectivity index (χ3v) is 5.71. The average Bonchev–Trinajstić information content (AvgIpc) is 3.46. The molecule has 2 aromatic heterocycles. The maximum absolute atomic E-state index is 12.7. The summed E-state index contributed by atoms with van der Waals surface area (Å²) in [5.74, 6) is 2.18. The first-order valence-corrected chi connectivity index (χ1v) is 10.2. The van der Waals surface area contributed by atoms with Crippen molar-refractivity contribution in [3.8, 4) is 11.8 Å². The van der Waals surface area contributed by atoms with Gasteiger partial charge in [-0.2, -0.15) is 13.2 Å². The molecule has 9 heteroatoms. The molecule has 0 bridgehead atoms. The molecule has 0 radical (unpaired) electrons. The second-order valence-electron chi connectivity index (χ2n) is 7.97. The van der Waals surface area contributed by atoms with Crippen molar-refractivity contribution in [2.24, 2.45) is 11.8 Å². The fourth-order valence-corrected chi connectivity index (χ4v) is 4.04. The van der Waals surface area contributed by atoms with Crippen LogP contribution >= 0.6 is 0 Å². The van der Waals surface area contributed by atoms with Crippen LogP contribution in [0.25, 0.3) is 0 Å². The summed E-state index contributed by atoms with van der Waals surface area (Å²) < 4.78 is 49.4. The summed E-state index contributed by atoms with van der Waals surface area (Å²) in [6.07, 6.45) is -0.755. The van der Waals surface area contributed by atoms with Crippen molar-refractivity contribution >= 4 is 0 Å². The molecule has 0 amide bonds. The molecule has 3 unspecified atom stereocenters. The van der Waals surface area contributed by atoms with Gasteiger partial charge >= 0.3 is 12.2 Å². The molecule has 1 saturated carbocycles. The minimum atomic E-state index is -4.46. The topological polar surface area (TPSA) is 60.4 Å². The number of likely N-dealkylation sites (tertiary alicyclic amines) is 1. The number of aryl methyl sites for hydroxylation is 1. The summed E-state index contributed by atoms with van der Waals surface area (Å²) >= 11 is 0. The number of hydrogen-bond acceptors (Lipinski definition) is 6. The monoisotopic (exact) mass is 422 g/mol. The molecule has 2 aromatic rings. The number of piperidine rings is 1. The van der Waals surface area contributed by atoms with Crippen molar-refractivity contribution in [2.75, 3.05) is 19.8 Å². The normalized spacial score (nSPS) is 23.7. The predicted molar refractivity (Wildman–Crippen MR) is 103 cm³/mol. The lowest BCUT2D eigenvalue weighted by molar-refractivity contribution is -0.138. The van der Waals surface area contributed by atoms with Crippen molar-refractivity contribution in [1.82, 2.24) is 19.9 Å². The summed E-state index contributed by atoms with van der Waals surface area (Å²) in [5.41, 5.74) is 0.941. The number of hydrogen-bond donors (Lipinski definition) is 0. The fourth-order valence-electron chi connectivity index (χ4n) is 4.04. The Kier molecular flexibility index (Phi) is 5.81. The van der Waals surface area contributed by atoms with Crippen molar-refractivity contribution in [3.63, 3.8) is 0 Å². The highest BCUT2D eigenvalue weighted by Gasteiger charge is 2.46. The van der Waals surface area contributed by atoms with E-state index < -0.39 is 11.7 Å². The summed E-state index contributed by atoms with van der Waals surface area (Å²) in [7, 11) is 0. The van der Waals surface area contributed by atoms with Crippen LogP contribution in [0.15, 0.2) is 24.5 Å². The van der Waals surface area contributed by atoms with Crippen molar-refractivity contribution in [1.29, 1.82) is 0 Å². The lowest BCUT2D eigenvalue weighted by Crippen LogP contribution is -2.44. The van der Waals surface area contributed by atoms with Crippen LogP contribution in [0.3, 0.4) is 0 Å². The second-order valence-corrected chi connectivity index (χ2v) is 7.97. The van der Waals surface area contributed by atoms with Gasteiger partial charge < -0.3 is 9.47 Å². The molecule has 0 spiro atoms. The number of halogens is 3. The van der Waals surface area contributed by atoms with E-state index in [0.29, 0.717) is 31.6 Å². The molecule has 1 aliphatic carbocycles. The van der Waals surface area contributed by atoms with Crippen LogP contribution in [0.2, 0.25) is 0 Å². The number of rotatable bonds is 7. The van der Waals surface area contributed by atoms with Gasteiger partial charge in [0.15, 0.2) is 0 Å². The minimum Gasteiger partial charge on any atom is -0.492 e. The first kappa shape index (κ1) is 20.8. The van der Waals surface area contributed by atoms with E-state index >= 15 is 0 Å². The van der Waals surface area contributed by atoms with Gasteiger partial charge in [0.25, 0.3) is 0 Å². The van der Waals surface area contributed by atoms with Crippen LogP contribution in [0.1, 0.15) is 36.7 Å². The zero-order valence-electron chi connectivity index (χ0n) is 17.0. The Morgan fingerprint density at radius 3 is 2.57 bits per heavy atom. The van der Waals surface area contributed by atoms with E-state index in [1.807, 2.05) is 26.0 Å². The largest absolute Gasteiger partial charge is 0.492 e. The summed E-state index contributed by atoms with van der Waals surface area (Å²) in [6, 6.07) is 3.97. The first-order chi connectivity index (χ1) is 14.3. The predicted octanol–water partition coefficient (Wildman–Crippen LogP) is 3.89. The number of alkyl halides is 3. The molecule has 0 N–H and O–H groups in total. The van der Waals surface area contributed by atoms with Gasteiger partial charge in [-0.1, -0.05) is 0 Å². The Balaban J connectivity index is 1.44. The van der Waals surface area contributed by atoms with Gasteiger partial charge in [0.1, 0.15) is 12.4 Å². The number of fused-ring (bicyclic) bond motifs is 1. The Labute approximate surface area is 173 Å². The van der Waals surface area contributed by atoms with Crippen molar-refractivity contribution in [3.05, 3.63) is 41.5 Å². The maximum atomic E-state index is 12.7. The van der Waals surface area contributed by atoms with E-state index in [-0.39, 0.29) is 12.1 Å². The fraction of sp³-hybridized carbons (Fsp3) is 0.571. The Morgan fingerprint density at radius 2 is 1.87 bits per heavy atom. The second kappa shape index (κ2) is 8.37. The molecular weight excluding hydrogens is 397 g/mol. The van der Waals surface area contributed by atoms with Gasteiger partial charge in [-0.25, -0.2) is 9.97 Å². The zero-order chi connectivity index (χ0) is 21.3. The zero-order valence-corrected chi connectivity index (χ0v) is 17.0. The smallest absolute Gasteiger partial charge is 0.419 e. The number of nitrogens with zero attached hydrogens (tertiary/aromatic N) is 4. The highest BCUT2D eigenvalue weighted by molar-refractivity contribution is 5.29. The molecule has 162 valence electrons. The minimum absolute atomic E-state index is 0.0374. The molecule has 2 aliphatic rings. The number of aromatic nitrogens is 3. The Morgan fingerprint density at radius 1 is 1.10 bits per heavy atom. The van der Waals surface area contributed by atoms with Crippen molar-refractivity contribution in [2.45, 2.75) is 45.5 Å². The van der Waals surface area contributed by atoms with E-state index in [0.717, 1.165) is 42.5 Å². The van der Waals surface area contributed by atoms with Crippen LogP contribution in [-0.4, -0.2) is 45.7 Å². The molecule has 3 heterocycles. The van der Waals surface area contributed by atoms with Gasteiger partial charge in [-0.3, -0.25) is 9.88 Å². The van der Waals surface area contributed by atoms with Gasteiger partial charge in [-0.15, -0.1) is 0 Å². The molecule has 4 rings (SSSR count). The van der Waals surface area contributed by atoms with Gasteiger partial charge in [0.05, 0.1) is 17.9 Å². The van der Waals surface area contributed by atoms with Crippen LogP contribution in [0, 0.1) is 18.8 Å². The summed E-state index contributed by atoms with van der Waals surface area (Å²) in [4.78, 5) is 14.4. The van der Waals surface area contributed by atoms with E-state index in [1.54, 1.807) is 0 Å². The average molecular weight is 422 g/mol. The number of pyridine rings is 1. The molecular formula is C21H25F3N4O2. The standard InChI is InChI=1S/C21H25F3N4O2/c1-3-29-19-5-4-13(2)27-18(19)11-28-10-15-6-14(15)7-17(28)12-30-20-25-8-16(9-26-20)21(22,23)24/h4-5,8-9,14-15,17H,3,6-7,10-12H2,1-2H3. The van der Waals surface area contributed by atoms with E-state index in [4.69, 9.17) is 9.47 Å². The third-order valence-electron chi connectivity index (χ3n) is 5.71. The molecule has 0 aromatic carbocycles. The summed E-state index contributed by atoms with van der Waals surface area (Å²) in [5, 5.41) is 0. The molecule has 2 fully saturated rings. The Bertz CT molecular complexity index is 876. The molecule has 6 nitrogen and oxygen atoms in total. The van der Waals surface area contributed by atoms with Gasteiger partial charge in [0, 0.05) is 37.2 Å². The molecule has 3 atom stereocenters. The highest BCUT2D eigenvalue weighted by Crippen LogP contribution is 2.47. The molecule has 1 saturated heterocycles. The van der Waals surface area contributed by atoms with Gasteiger partial charge in [0.2, 0.25) is 0 Å². The third kappa shape index (κ3) is 4.83. The molecule has 30 heavy (non-hydrogen) atoms. The lowest BCUT2D eigenvalue weighted by atomic mass is 10.0. The van der Waals surface area contributed by atoms with Crippen LogP contribution < -0.4 is 9.47 Å². The summed E-state index contributed by atoms with van der Waals surface area (Å²) in [6.45, 7) is 6.38. The Hall–Kier alpha value is -2.42. The van der Waals surface area contributed by atoms with Crippen LogP contribution in [0.4, 0.5) is 13.2 Å². The van der Waals surface area contributed by atoms with Crippen molar-refractivity contribution < 1.29 is 22.6 Å². The van der Waals surface area contributed by atoms with Gasteiger partial charge in [-0.05, 0) is 50.7 Å². The van der Waals surface area contributed by atoms with E-state index in [1.165, 1.54) is 6.42 Å². The van der Waals surface area contributed by atoms with Crippen LogP contribution in [-0.2, 0) is 12.7 Å². The molecule has 1 aliphatic heterocycles.